The average molecular weight is 304 g/mol. The summed E-state index contributed by atoms with van der Waals surface area (Å²) in [5.41, 5.74) is 4.33. The maximum Gasteiger partial charge on any atom is 0.153 e. The van der Waals surface area contributed by atoms with Crippen LogP contribution in [0.5, 0.6) is 0 Å². The molecule has 116 valence electrons. The van der Waals surface area contributed by atoms with Crippen LogP contribution in [-0.4, -0.2) is 17.5 Å². The molecule has 0 bridgehead atoms. The first kappa shape index (κ1) is 15.2. The second-order valence-electron chi connectivity index (χ2n) is 6.33. The van der Waals surface area contributed by atoms with Crippen molar-refractivity contribution >= 4 is 17.7 Å². The molecular formula is C20H20N2O. The Labute approximate surface area is 136 Å². The van der Waals surface area contributed by atoms with E-state index in [0.717, 1.165) is 29.7 Å². The average Bonchev–Trinajstić information content (AvgIpc) is 2.55. The minimum atomic E-state index is -0.210. The summed E-state index contributed by atoms with van der Waals surface area (Å²) in [6.45, 7) is 4.19. The maximum absolute atomic E-state index is 11.7. The zero-order valence-corrected chi connectivity index (χ0v) is 13.4. The number of rotatable bonds is 4. The molecule has 2 aromatic carbocycles. The summed E-state index contributed by atoms with van der Waals surface area (Å²) in [5.74, 6) is 0. The van der Waals surface area contributed by atoms with Crippen LogP contribution < -0.4 is 5.32 Å². The lowest BCUT2D eigenvalue weighted by molar-refractivity contribution is -0.104. The summed E-state index contributed by atoms with van der Waals surface area (Å²) < 4.78 is 0. The van der Waals surface area contributed by atoms with E-state index in [2.05, 4.69) is 25.2 Å². The lowest BCUT2D eigenvalue weighted by atomic mass is 9.85. The van der Waals surface area contributed by atoms with Crippen molar-refractivity contribution in [3.63, 3.8) is 0 Å². The third-order valence-corrected chi connectivity index (χ3v) is 3.88. The van der Waals surface area contributed by atoms with E-state index in [9.17, 15) is 4.79 Å². The molecule has 0 saturated heterocycles. The molecule has 1 N–H and O–H groups in total. The summed E-state index contributed by atoms with van der Waals surface area (Å²) in [6, 6.07) is 17.9. The van der Waals surface area contributed by atoms with Crippen LogP contribution in [0.1, 0.15) is 25.0 Å². The standard InChI is InChI=1S/C20H20N2O/c1-20(2)12-15-8-6-7-11-18(15)19(22-20)16(14-23)13-21-17-9-4-3-5-10-17/h3-11,13-14,21H,12H2,1-2H3. The van der Waals surface area contributed by atoms with E-state index in [1.807, 2.05) is 48.5 Å². The van der Waals surface area contributed by atoms with Crippen LogP contribution in [0.15, 0.2) is 71.4 Å². The van der Waals surface area contributed by atoms with Crippen molar-refractivity contribution in [3.8, 4) is 0 Å². The van der Waals surface area contributed by atoms with Crippen LogP contribution in [0.4, 0.5) is 5.69 Å². The number of aliphatic imine (C=N–C) groups is 1. The van der Waals surface area contributed by atoms with Crippen molar-refractivity contribution < 1.29 is 4.79 Å². The van der Waals surface area contributed by atoms with E-state index in [0.29, 0.717) is 5.57 Å². The van der Waals surface area contributed by atoms with E-state index in [1.165, 1.54) is 5.56 Å². The monoisotopic (exact) mass is 304 g/mol. The summed E-state index contributed by atoms with van der Waals surface area (Å²) in [6.07, 6.45) is 3.48. The number of anilines is 1. The van der Waals surface area contributed by atoms with Crippen molar-refractivity contribution in [2.45, 2.75) is 25.8 Å². The van der Waals surface area contributed by atoms with Gasteiger partial charge in [-0.3, -0.25) is 9.79 Å². The second kappa shape index (κ2) is 6.21. The number of carbonyl (C=O) groups is 1. The van der Waals surface area contributed by atoms with Gasteiger partial charge < -0.3 is 5.32 Å². The molecule has 3 nitrogen and oxygen atoms in total. The van der Waals surface area contributed by atoms with Gasteiger partial charge in [0.15, 0.2) is 6.29 Å². The van der Waals surface area contributed by atoms with Gasteiger partial charge in [-0.05, 0) is 38.0 Å². The van der Waals surface area contributed by atoms with Crippen molar-refractivity contribution in [1.29, 1.82) is 0 Å². The quantitative estimate of drug-likeness (QED) is 0.685. The SMILES string of the molecule is CC1(C)Cc2ccccc2C(C(C=O)=CNc2ccccc2)=N1. The Bertz CT molecular complexity index is 773. The van der Waals surface area contributed by atoms with E-state index in [1.54, 1.807) is 6.20 Å². The molecule has 3 rings (SSSR count). The number of fused-ring (bicyclic) bond motifs is 1. The number of carbonyl (C=O) groups excluding carboxylic acids is 1. The first-order chi connectivity index (χ1) is 11.1. The smallest absolute Gasteiger partial charge is 0.153 e. The highest BCUT2D eigenvalue weighted by Gasteiger charge is 2.27. The van der Waals surface area contributed by atoms with Crippen molar-refractivity contribution in [2.24, 2.45) is 4.99 Å². The van der Waals surface area contributed by atoms with Gasteiger partial charge in [-0.1, -0.05) is 42.5 Å². The van der Waals surface area contributed by atoms with E-state index < -0.39 is 0 Å². The summed E-state index contributed by atoms with van der Waals surface area (Å²) in [4.78, 5) is 16.5. The van der Waals surface area contributed by atoms with Crippen LogP contribution in [0.3, 0.4) is 0 Å². The highest BCUT2D eigenvalue weighted by Crippen LogP contribution is 2.28. The molecular weight excluding hydrogens is 284 g/mol. The number of hydrogen-bond acceptors (Lipinski definition) is 3. The lowest BCUT2D eigenvalue weighted by Gasteiger charge is -2.29. The first-order valence-corrected chi connectivity index (χ1v) is 7.74. The molecule has 23 heavy (non-hydrogen) atoms. The number of nitrogens with zero attached hydrogens (tertiary/aromatic N) is 1. The van der Waals surface area contributed by atoms with E-state index in [4.69, 9.17) is 4.99 Å². The van der Waals surface area contributed by atoms with Crippen LogP contribution in [0.25, 0.3) is 0 Å². The van der Waals surface area contributed by atoms with Gasteiger partial charge in [-0.15, -0.1) is 0 Å². The van der Waals surface area contributed by atoms with Gasteiger partial charge in [0.25, 0.3) is 0 Å². The molecule has 1 aliphatic rings. The molecule has 3 heteroatoms. The van der Waals surface area contributed by atoms with Crippen LogP contribution >= 0.6 is 0 Å². The van der Waals surface area contributed by atoms with Gasteiger partial charge in [0.2, 0.25) is 0 Å². The number of nitrogens with one attached hydrogen (secondary N) is 1. The maximum atomic E-state index is 11.7. The van der Waals surface area contributed by atoms with Gasteiger partial charge >= 0.3 is 0 Å². The zero-order valence-electron chi connectivity index (χ0n) is 13.4. The van der Waals surface area contributed by atoms with Gasteiger partial charge in [-0.25, -0.2) is 0 Å². The Morgan fingerprint density at radius 3 is 2.52 bits per heavy atom. The number of aldehydes is 1. The van der Waals surface area contributed by atoms with Crippen molar-refractivity contribution in [3.05, 3.63) is 77.5 Å². The van der Waals surface area contributed by atoms with Crippen molar-refractivity contribution in [2.75, 3.05) is 5.32 Å². The molecule has 0 atom stereocenters. The first-order valence-electron chi connectivity index (χ1n) is 7.74. The molecule has 0 amide bonds. The minimum Gasteiger partial charge on any atom is -0.361 e. The molecule has 0 aromatic heterocycles. The Balaban J connectivity index is 1.99. The van der Waals surface area contributed by atoms with Crippen LogP contribution in [-0.2, 0) is 11.2 Å². The zero-order chi connectivity index (χ0) is 16.3. The summed E-state index contributed by atoms with van der Waals surface area (Å²) >= 11 is 0. The molecule has 2 aromatic rings. The number of allylic oxidation sites excluding steroid dienone is 1. The molecule has 0 spiro atoms. The Morgan fingerprint density at radius 2 is 1.78 bits per heavy atom. The third kappa shape index (κ3) is 3.39. The topological polar surface area (TPSA) is 41.5 Å². The number of hydrogen-bond donors (Lipinski definition) is 1. The molecule has 1 heterocycles. The Morgan fingerprint density at radius 1 is 1.09 bits per heavy atom. The number of benzene rings is 2. The van der Waals surface area contributed by atoms with Crippen molar-refractivity contribution in [1.82, 2.24) is 0 Å². The molecule has 0 saturated carbocycles. The normalized spacial score (nSPS) is 16.3. The lowest BCUT2D eigenvalue weighted by Crippen LogP contribution is -2.30. The largest absolute Gasteiger partial charge is 0.361 e. The fraction of sp³-hybridized carbons (Fsp3) is 0.200. The van der Waals surface area contributed by atoms with E-state index in [-0.39, 0.29) is 5.54 Å². The molecule has 0 unspecified atom stereocenters. The predicted molar refractivity (Wildman–Crippen MR) is 95.0 cm³/mol. The van der Waals surface area contributed by atoms with E-state index >= 15 is 0 Å². The van der Waals surface area contributed by atoms with Gasteiger partial charge in [0.05, 0.1) is 16.8 Å². The predicted octanol–water partition coefficient (Wildman–Crippen LogP) is 4.01. The molecule has 0 radical (unpaired) electrons. The van der Waals surface area contributed by atoms with Crippen LogP contribution in [0.2, 0.25) is 0 Å². The van der Waals surface area contributed by atoms with Crippen LogP contribution in [0, 0.1) is 0 Å². The highest BCUT2D eigenvalue weighted by atomic mass is 16.1. The fourth-order valence-corrected chi connectivity index (χ4v) is 2.85. The highest BCUT2D eigenvalue weighted by molar-refractivity contribution is 6.24. The minimum absolute atomic E-state index is 0.210. The Kier molecular flexibility index (Phi) is 4.11. The van der Waals surface area contributed by atoms with Gasteiger partial charge in [0.1, 0.15) is 0 Å². The third-order valence-electron chi connectivity index (χ3n) is 3.88. The number of para-hydroxylation sites is 1. The van der Waals surface area contributed by atoms with Gasteiger partial charge in [0, 0.05) is 17.5 Å². The molecule has 1 aliphatic heterocycles. The molecule has 0 aliphatic carbocycles. The fourth-order valence-electron chi connectivity index (χ4n) is 2.85. The summed E-state index contributed by atoms with van der Waals surface area (Å²) in [7, 11) is 0. The second-order valence-corrected chi connectivity index (χ2v) is 6.33. The Hall–Kier alpha value is -2.68. The van der Waals surface area contributed by atoms with Gasteiger partial charge in [-0.2, -0.15) is 0 Å². The summed E-state index contributed by atoms with van der Waals surface area (Å²) in [5, 5.41) is 3.18. The molecule has 0 fully saturated rings.